The minimum atomic E-state index is -1.53. The average Bonchev–Trinajstić information content (AvgIpc) is 2.79. The molecule has 5 unspecified atom stereocenters. The van der Waals surface area contributed by atoms with Gasteiger partial charge in [-0.1, -0.05) is 64.4 Å². The van der Waals surface area contributed by atoms with Crippen LogP contribution in [0.15, 0.2) is 30.3 Å². The number of carboxylic acids is 1. The molecule has 0 aliphatic rings. The number of carboxylic acid groups (broad SMARTS) is 1. The van der Waals surface area contributed by atoms with Crippen molar-refractivity contribution in [2.24, 2.45) is 23.3 Å². The van der Waals surface area contributed by atoms with Gasteiger partial charge in [0, 0.05) is 0 Å². The largest absolute Gasteiger partial charge is 0.480 e. The average molecular weight is 492 g/mol. The molecule has 0 saturated carbocycles. The number of nitrogens with one attached hydrogen (secondary N) is 3. The van der Waals surface area contributed by atoms with Gasteiger partial charge in [0.1, 0.15) is 18.1 Å². The highest BCUT2D eigenvalue weighted by molar-refractivity contribution is 5.95. The van der Waals surface area contributed by atoms with E-state index in [1.54, 1.807) is 20.8 Å². The highest BCUT2D eigenvalue weighted by Crippen LogP contribution is 2.12. The molecule has 0 spiro atoms. The fourth-order valence-corrected chi connectivity index (χ4v) is 3.36. The predicted octanol–water partition coefficient (Wildman–Crippen LogP) is -0.327. The second kappa shape index (κ2) is 14.1. The molecule has 194 valence electrons. The number of nitrogens with two attached hydrogens (primary N) is 2. The summed E-state index contributed by atoms with van der Waals surface area (Å²) in [4.78, 5) is 61.2. The van der Waals surface area contributed by atoms with Crippen molar-refractivity contribution in [2.75, 3.05) is 0 Å². The minimum absolute atomic E-state index is 0.277. The number of aliphatic carboxylic acids is 1. The van der Waals surface area contributed by atoms with Crippen LogP contribution in [-0.4, -0.2) is 58.9 Å². The molecule has 8 N–H and O–H groups in total. The summed E-state index contributed by atoms with van der Waals surface area (Å²) in [6, 6.07) is 4.73. The number of benzene rings is 1. The summed E-state index contributed by atoms with van der Waals surface area (Å²) in [5.74, 6) is -4.91. The zero-order chi connectivity index (χ0) is 26.7. The Morgan fingerprint density at radius 1 is 0.886 bits per heavy atom. The standard InChI is InChI=1S/C24H37N5O6/c1-5-14(4)20(29-21(31)16(25)11-15-9-7-6-8-10-15)23(33)28-19(13(2)3)22(32)27-17(24(34)35)12-18(26)30/h6-10,13-14,16-17,19-20H,5,11-12,25H2,1-4H3,(H2,26,30)(H,27,32)(H,28,33)(H,29,31)(H,34,35). The highest BCUT2D eigenvalue weighted by atomic mass is 16.4. The Bertz CT molecular complexity index is 892. The van der Waals surface area contributed by atoms with Crippen LogP contribution in [0.4, 0.5) is 0 Å². The Hall–Kier alpha value is -3.47. The molecule has 0 heterocycles. The van der Waals surface area contributed by atoms with Gasteiger partial charge in [-0.05, 0) is 23.8 Å². The number of primary amides is 1. The summed E-state index contributed by atoms with van der Waals surface area (Å²) in [6.45, 7) is 6.97. The fraction of sp³-hybridized carbons (Fsp3) is 0.542. The number of carbonyl (C=O) groups is 5. The van der Waals surface area contributed by atoms with Crippen LogP contribution in [0.25, 0.3) is 0 Å². The van der Waals surface area contributed by atoms with E-state index in [1.165, 1.54) is 0 Å². The number of hydrogen-bond acceptors (Lipinski definition) is 6. The highest BCUT2D eigenvalue weighted by Gasteiger charge is 2.34. The molecular weight excluding hydrogens is 454 g/mol. The van der Waals surface area contributed by atoms with Crippen molar-refractivity contribution in [3.05, 3.63) is 35.9 Å². The summed E-state index contributed by atoms with van der Waals surface area (Å²) in [7, 11) is 0. The van der Waals surface area contributed by atoms with Crippen molar-refractivity contribution in [1.29, 1.82) is 0 Å². The van der Waals surface area contributed by atoms with Gasteiger partial charge in [-0.3, -0.25) is 19.2 Å². The Labute approximate surface area is 205 Å². The van der Waals surface area contributed by atoms with Crippen molar-refractivity contribution in [1.82, 2.24) is 16.0 Å². The molecule has 5 atom stereocenters. The molecule has 1 aromatic carbocycles. The molecule has 0 radical (unpaired) electrons. The fourth-order valence-electron chi connectivity index (χ4n) is 3.36. The van der Waals surface area contributed by atoms with Crippen molar-refractivity contribution >= 4 is 29.6 Å². The summed E-state index contributed by atoms with van der Waals surface area (Å²) in [6.07, 6.45) is 0.254. The Morgan fingerprint density at radius 3 is 1.91 bits per heavy atom. The first-order chi connectivity index (χ1) is 16.4. The maximum absolute atomic E-state index is 13.1. The summed E-state index contributed by atoms with van der Waals surface area (Å²) in [5, 5.41) is 16.8. The lowest BCUT2D eigenvalue weighted by Crippen LogP contribution is -2.60. The normalized spacial score (nSPS) is 15.3. The minimum Gasteiger partial charge on any atom is -0.480 e. The quantitative estimate of drug-likeness (QED) is 0.205. The van der Waals surface area contributed by atoms with E-state index in [-0.39, 0.29) is 12.3 Å². The molecule has 0 bridgehead atoms. The molecule has 0 aromatic heterocycles. The number of rotatable bonds is 14. The zero-order valence-corrected chi connectivity index (χ0v) is 20.6. The first-order valence-corrected chi connectivity index (χ1v) is 11.6. The van der Waals surface area contributed by atoms with Gasteiger partial charge in [-0.2, -0.15) is 0 Å². The summed E-state index contributed by atoms with van der Waals surface area (Å²) in [5.41, 5.74) is 12.0. The van der Waals surface area contributed by atoms with E-state index in [0.29, 0.717) is 6.42 Å². The first-order valence-electron chi connectivity index (χ1n) is 11.6. The van der Waals surface area contributed by atoms with Gasteiger partial charge in [0.05, 0.1) is 12.5 Å². The Morgan fingerprint density at radius 2 is 1.43 bits per heavy atom. The third kappa shape index (κ3) is 9.73. The lowest BCUT2D eigenvalue weighted by molar-refractivity contribution is -0.144. The molecule has 0 fully saturated rings. The van der Waals surface area contributed by atoms with Crippen LogP contribution in [0.1, 0.15) is 46.1 Å². The molecule has 0 aliphatic carbocycles. The van der Waals surface area contributed by atoms with E-state index in [2.05, 4.69) is 16.0 Å². The van der Waals surface area contributed by atoms with Crippen LogP contribution < -0.4 is 27.4 Å². The molecule has 35 heavy (non-hydrogen) atoms. The van der Waals surface area contributed by atoms with Gasteiger partial charge < -0.3 is 32.5 Å². The lowest BCUT2D eigenvalue weighted by Gasteiger charge is -2.29. The van der Waals surface area contributed by atoms with Crippen molar-refractivity contribution < 1.29 is 29.1 Å². The third-order valence-electron chi connectivity index (χ3n) is 5.70. The van der Waals surface area contributed by atoms with Crippen molar-refractivity contribution in [3.8, 4) is 0 Å². The zero-order valence-electron chi connectivity index (χ0n) is 20.6. The summed E-state index contributed by atoms with van der Waals surface area (Å²) >= 11 is 0. The molecular formula is C24H37N5O6. The van der Waals surface area contributed by atoms with Gasteiger partial charge >= 0.3 is 5.97 Å². The third-order valence-corrected chi connectivity index (χ3v) is 5.70. The molecule has 1 rings (SSSR count). The lowest BCUT2D eigenvalue weighted by atomic mass is 9.95. The smallest absolute Gasteiger partial charge is 0.326 e. The van der Waals surface area contributed by atoms with Crippen LogP contribution in [0.2, 0.25) is 0 Å². The van der Waals surface area contributed by atoms with E-state index in [0.717, 1.165) is 5.56 Å². The number of carbonyl (C=O) groups excluding carboxylic acids is 4. The molecule has 0 aliphatic heterocycles. The number of amides is 4. The van der Waals surface area contributed by atoms with Crippen LogP contribution in [0, 0.1) is 11.8 Å². The van der Waals surface area contributed by atoms with Gasteiger partial charge in [-0.25, -0.2) is 4.79 Å². The second-order valence-electron chi connectivity index (χ2n) is 8.97. The van der Waals surface area contributed by atoms with Gasteiger partial charge in [-0.15, -0.1) is 0 Å². The van der Waals surface area contributed by atoms with Crippen LogP contribution in [0.3, 0.4) is 0 Å². The van der Waals surface area contributed by atoms with Crippen molar-refractivity contribution in [2.45, 2.75) is 71.1 Å². The van der Waals surface area contributed by atoms with Crippen LogP contribution >= 0.6 is 0 Å². The maximum Gasteiger partial charge on any atom is 0.326 e. The predicted molar refractivity (Wildman–Crippen MR) is 130 cm³/mol. The Kier molecular flexibility index (Phi) is 11.9. The van der Waals surface area contributed by atoms with Gasteiger partial charge in [0.15, 0.2) is 0 Å². The van der Waals surface area contributed by atoms with Crippen molar-refractivity contribution in [3.63, 3.8) is 0 Å². The van der Waals surface area contributed by atoms with E-state index >= 15 is 0 Å². The monoisotopic (exact) mass is 491 g/mol. The first kappa shape index (κ1) is 29.6. The summed E-state index contributed by atoms with van der Waals surface area (Å²) < 4.78 is 0. The van der Waals surface area contributed by atoms with Gasteiger partial charge in [0.25, 0.3) is 0 Å². The van der Waals surface area contributed by atoms with Gasteiger partial charge in [0.2, 0.25) is 23.6 Å². The topological polar surface area (TPSA) is 194 Å². The molecule has 0 saturated heterocycles. The van der Waals surface area contributed by atoms with Crippen LogP contribution in [0.5, 0.6) is 0 Å². The molecule has 4 amide bonds. The molecule has 11 nitrogen and oxygen atoms in total. The van der Waals surface area contributed by atoms with E-state index in [1.807, 2.05) is 37.3 Å². The van der Waals surface area contributed by atoms with E-state index < -0.39 is 66.1 Å². The number of hydrogen-bond donors (Lipinski definition) is 6. The molecule has 1 aromatic rings. The maximum atomic E-state index is 13.1. The van der Waals surface area contributed by atoms with Crippen LogP contribution in [-0.2, 0) is 30.4 Å². The SMILES string of the molecule is CCC(C)C(NC(=O)C(N)Cc1ccccc1)C(=O)NC(C(=O)NC(CC(N)=O)C(=O)O)C(C)C. The molecule has 11 heteroatoms. The van der Waals surface area contributed by atoms with E-state index in [9.17, 15) is 29.1 Å². The Balaban J connectivity index is 2.95. The second-order valence-corrected chi connectivity index (χ2v) is 8.97. The van der Waals surface area contributed by atoms with E-state index in [4.69, 9.17) is 11.5 Å².